The lowest BCUT2D eigenvalue weighted by atomic mass is 10.1. The van der Waals surface area contributed by atoms with Crippen LogP contribution in [0.2, 0.25) is 0 Å². The van der Waals surface area contributed by atoms with Gasteiger partial charge in [0, 0.05) is 16.1 Å². The predicted octanol–water partition coefficient (Wildman–Crippen LogP) is 4.06. The largest absolute Gasteiger partial charge is 0.496 e. The lowest BCUT2D eigenvalue weighted by Gasteiger charge is -2.12. The molecule has 0 aromatic heterocycles. The summed E-state index contributed by atoms with van der Waals surface area (Å²) in [6.45, 7) is 2.40. The molecule has 0 amide bonds. The Bertz CT molecular complexity index is 584. The van der Waals surface area contributed by atoms with E-state index in [4.69, 9.17) is 15.2 Å². The molecule has 0 aliphatic rings. The van der Waals surface area contributed by atoms with E-state index in [9.17, 15) is 0 Å². The highest BCUT2D eigenvalue weighted by atomic mass is 79.9. The minimum Gasteiger partial charge on any atom is -0.496 e. The molecule has 0 spiro atoms. The molecule has 0 saturated heterocycles. The SMILES string of the molecule is COc1ccc(Br)cc1COc1cccc(C(C)N)c1. The maximum atomic E-state index is 5.87. The van der Waals surface area contributed by atoms with Gasteiger partial charge < -0.3 is 15.2 Å². The van der Waals surface area contributed by atoms with Crippen LogP contribution < -0.4 is 15.2 Å². The second-order valence-electron chi connectivity index (χ2n) is 4.61. The summed E-state index contributed by atoms with van der Waals surface area (Å²) in [4.78, 5) is 0. The molecule has 2 N–H and O–H groups in total. The quantitative estimate of drug-likeness (QED) is 0.896. The summed E-state index contributed by atoms with van der Waals surface area (Å²) in [5.74, 6) is 1.62. The molecule has 2 rings (SSSR count). The summed E-state index contributed by atoms with van der Waals surface area (Å²) in [5.41, 5.74) is 7.93. The van der Waals surface area contributed by atoms with E-state index in [0.29, 0.717) is 6.61 Å². The molecule has 0 bridgehead atoms. The molecular weight excluding hydrogens is 318 g/mol. The monoisotopic (exact) mass is 335 g/mol. The van der Waals surface area contributed by atoms with Crippen LogP contribution in [0.4, 0.5) is 0 Å². The fourth-order valence-electron chi connectivity index (χ4n) is 1.91. The van der Waals surface area contributed by atoms with Crippen molar-refractivity contribution >= 4 is 15.9 Å². The lowest BCUT2D eigenvalue weighted by Crippen LogP contribution is -2.05. The number of hydrogen-bond acceptors (Lipinski definition) is 3. The molecule has 0 aliphatic heterocycles. The number of halogens is 1. The van der Waals surface area contributed by atoms with E-state index in [1.807, 2.05) is 49.4 Å². The van der Waals surface area contributed by atoms with Crippen LogP contribution in [0.5, 0.6) is 11.5 Å². The third-order valence-corrected chi connectivity index (χ3v) is 3.51. The van der Waals surface area contributed by atoms with Crippen LogP contribution >= 0.6 is 15.9 Å². The van der Waals surface area contributed by atoms with E-state index < -0.39 is 0 Å². The predicted molar refractivity (Wildman–Crippen MR) is 84.1 cm³/mol. The smallest absolute Gasteiger partial charge is 0.125 e. The first-order chi connectivity index (χ1) is 9.60. The van der Waals surface area contributed by atoms with Crippen LogP contribution in [0.15, 0.2) is 46.9 Å². The van der Waals surface area contributed by atoms with Crippen molar-refractivity contribution < 1.29 is 9.47 Å². The molecule has 3 nitrogen and oxygen atoms in total. The van der Waals surface area contributed by atoms with Crippen molar-refractivity contribution in [2.75, 3.05) is 7.11 Å². The van der Waals surface area contributed by atoms with Crippen LogP contribution in [0.1, 0.15) is 24.1 Å². The molecule has 106 valence electrons. The van der Waals surface area contributed by atoms with Gasteiger partial charge in [0.1, 0.15) is 18.1 Å². The molecule has 20 heavy (non-hydrogen) atoms. The van der Waals surface area contributed by atoms with Gasteiger partial charge in [-0.25, -0.2) is 0 Å². The van der Waals surface area contributed by atoms with E-state index in [1.165, 1.54) is 0 Å². The Morgan fingerprint density at radius 2 is 2.00 bits per heavy atom. The number of ether oxygens (including phenoxy) is 2. The third kappa shape index (κ3) is 3.74. The first kappa shape index (κ1) is 14.9. The van der Waals surface area contributed by atoms with Crippen LogP contribution in [-0.4, -0.2) is 7.11 Å². The van der Waals surface area contributed by atoms with Gasteiger partial charge in [-0.3, -0.25) is 0 Å². The molecule has 0 heterocycles. The van der Waals surface area contributed by atoms with Gasteiger partial charge >= 0.3 is 0 Å². The second-order valence-corrected chi connectivity index (χ2v) is 5.52. The topological polar surface area (TPSA) is 44.5 Å². The maximum Gasteiger partial charge on any atom is 0.125 e. The van der Waals surface area contributed by atoms with Gasteiger partial charge in [0.2, 0.25) is 0 Å². The normalized spacial score (nSPS) is 12.0. The Hall–Kier alpha value is -1.52. The van der Waals surface area contributed by atoms with Gasteiger partial charge in [-0.15, -0.1) is 0 Å². The van der Waals surface area contributed by atoms with Crippen LogP contribution in [-0.2, 0) is 6.61 Å². The molecule has 2 aromatic carbocycles. The maximum absolute atomic E-state index is 5.87. The zero-order valence-electron chi connectivity index (χ0n) is 11.6. The van der Waals surface area contributed by atoms with E-state index >= 15 is 0 Å². The molecule has 0 fully saturated rings. The highest BCUT2D eigenvalue weighted by Gasteiger charge is 2.06. The Kier molecular flexibility index (Phi) is 5.04. The van der Waals surface area contributed by atoms with Crippen molar-refractivity contribution in [1.82, 2.24) is 0 Å². The van der Waals surface area contributed by atoms with Crippen molar-refractivity contribution in [3.8, 4) is 11.5 Å². The minimum atomic E-state index is -0.000967. The van der Waals surface area contributed by atoms with Gasteiger partial charge in [-0.1, -0.05) is 28.1 Å². The summed E-state index contributed by atoms with van der Waals surface area (Å²) >= 11 is 3.45. The van der Waals surface area contributed by atoms with Crippen molar-refractivity contribution in [1.29, 1.82) is 0 Å². The molecule has 0 aliphatic carbocycles. The molecule has 0 saturated carbocycles. The summed E-state index contributed by atoms with van der Waals surface area (Å²) in [5, 5.41) is 0. The van der Waals surface area contributed by atoms with Crippen molar-refractivity contribution in [3.05, 3.63) is 58.1 Å². The average Bonchev–Trinajstić information content (AvgIpc) is 2.45. The standard InChI is InChI=1S/C16H18BrNO2/c1-11(18)12-4-3-5-15(9-12)20-10-13-8-14(17)6-7-16(13)19-2/h3-9,11H,10,18H2,1-2H3. The highest BCUT2D eigenvalue weighted by molar-refractivity contribution is 9.10. The van der Waals surface area contributed by atoms with Crippen molar-refractivity contribution in [2.45, 2.75) is 19.6 Å². The molecule has 2 aromatic rings. The highest BCUT2D eigenvalue weighted by Crippen LogP contribution is 2.25. The molecular formula is C16H18BrNO2. The van der Waals surface area contributed by atoms with Crippen molar-refractivity contribution in [3.63, 3.8) is 0 Å². The van der Waals surface area contributed by atoms with Crippen LogP contribution in [0.3, 0.4) is 0 Å². The third-order valence-electron chi connectivity index (χ3n) is 3.02. The molecule has 1 atom stereocenters. The lowest BCUT2D eigenvalue weighted by molar-refractivity contribution is 0.296. The second kappa shape index (κ2) is 6.77. The Morgan fingerprint density at radius 1 is 1.20 bits per heavy atom. The van der Waals surface area contributed by atoms with Gasteiger partial charge in [0.15, 0.2) is 0 Å². The summed E-state index contributed by atoms with van der Waals surface area (Å²) < 4.78 is 12.2. The Labute approximate surface area is 127 Å². The fraction of sp³-hybridized carbons (Fsp3) is 0.250. The molecule has 0 radical (unpaired) electrons. The van der Waals surface area contributed by atoms with E-state index in [-0.39, 0.29) is 6.04 Å². The van der Waals surface area contributed by atoms with Gasteiger partial charge in [-0.2, -0.15) is 0 Å². The van der Waals surface area contributed by atoms with E-state index in [2.05, 4.69) is 15.9 Å². The van der Waals surface area contributed by atoms with E-state index in [0.717, 1.165) is 27.1 Å². The number of hydrogen-bond donors (Lipinski definition) is 1. The zero-order valence-corrected chi connectivity index (χ0v) is 13.2. The number of methoxy groups -OCH3 is 1. The number of rotatable bonds is 5. The minimum absolute atomic E-state index is 0.000967. The number of benzene rings is 2. The Balaban J connectivity index is 2.12. The zero-order chi connectivity index (χ0) is 14.5. The van der Waals surface area contributed by atoms with Gasteiger partial charge in [-0.05, 0) is 42.8 Å². The van der Waals surface area contributed by atoms with Crippen molar-refractivity contribution in [2.24, 2.45) is 5.73 Å². The first-order valence-electron chi connectivity index (χ1n) is 6.41. The Morgan fingerprint density at radius 3 is 2.70 bits per heavy atom. The van der Waals surface area contributed by atoms with Crippen LogP contribution in [0, 0.1) is 0 Å². The number of nitrogens with two attached hydrogens (primary N) is 1. The molecule has 4 heteroatoms. The summed E-state index contributed by atoms with van der Waals surface area (Å²) in [6.07, 6.45) is 0. The van der Waals surface area contributed by atoms with E-state index in [1.54, 1.807) is 7.11 Å². The summed E-state index contributed by atoms with van der Waals surface area (Å²) in [7, 11) is 1.66. The summed E-state index contributed by atoms with van der Waals surface area (Å²) in [6, 6.07) is 13.7. The molecule has 1 unspecified atom stereocenters. The van der Waals surface area contributed by atoms with Gasteiger partial charge in [0.05, 0.1) is 7.11 Å². The first-order valence-corrected chi connectivity index (χ1v) is 7.20. The van der Waals surface area contributed by atoms with Gasteiger partial charge in [0.25, 0.3) is 0 Å². The average molecular weight is 336 g/mol. The van der Waals surface area contributed by atoms with Crippen LogP contribution in [0.25, 0.3) is 0 Å². The fourth-order valence-corrected chi connectivity index (χ4v) is 2.32.